The SMILES string of the molecule is CN([SiH2][C@H](C(=O)N[C@@H](C[C@@H]1CCCNC1=O)C(=O)C(=O)NC1CC1)C1CCCC1)C(=O)[C@H](CCC(=O)C(C)(C)C)C1CCCC1. The topological polar surface area (TPSA) is 142 Å². The normalized spacial score (nSPS) is 23.4. The molecule has 1 heterocycles. The number of nitrogens with zero attached hydrogens (tertiary/aromatic N) is 1. The predicted molar refractivity (Wildman–Crippen MR) is 175 cm³/mol. The van der Waals surface area contributed by atoms with E-state index in [9.17, 15) is 28.8 Å². The zero-order valence-electron chi connectivity index (χ0n) is 28.0. The lowest BCUT2D eigenvalue weighted by atomic mass is 9.82. The van der Waals surface area contributed by atoms with Crippen molar-refractivity contribution in [3.05, 3.63) is 0 Å². The summed E-state index contributed by atoms with van der Waals surface area (Å²) in [5, 5.41) is 8.54. The quantitative estimate of drug-likeness (QED) is 0.185. The molecule has 11 heteroatoms. The lowest BCUT2D eigenvalue weighted by Crippen LogP contribution is -2.53. The molecule has 4 aliphatic rings. The highest BCUT2D eigenvalue weighted by Crippen LogP contribution is 2.38. The van der Waals surface area contributed by atoms with E-state index in [1.165, 1.54) is 0 Å². The molecular weight excluding hydrogens is 588 g/mol. The van der Waals surface area contributed by atoms with Crippen LogP contribution in [0.2, 0.25) is 5.54 Å². The minimum atomic E-state index is -1.45. The Labute approximate surface area is 271 Å². The fraction of sp³-hybridized carbons (Fsp3) is 0.824. The number of carbonyl (C=O) groups excluding carboxylic acids is 6. The highest BCUT2D eigenvalue weighted by atomic mass is 28.2. The van der Waals surface area contributed by atoms with Crippen molar-refractivity contribution < 1.29 is 28.8 Å². The van der Waals surface area contributed by atoms with Crippen LogP contribution in [-0.2, 0) is 28.8 Å². The average Bonchev–Trinajstić information content (AvgIpc) is 3.40. The molecule has 3 aliphatic carbocycles. The second kappa shape index (κ2) is 15.8. The van der Waals surface area contributed by atoms with E-state index < -0.39 is 44.3 Å². The van der Waals surface area contributed by atoms with Crippen LogP contribution in [0.3, 0.4) is 0 Å². The second-order valence-corrected chi connectivity index (χ2v) is 17.5. The summed E-state index contributed by atoms with van der Waals surface area (Å²) < 4.78 is 1.82. The van der Waals surface area contributed by atoms with E-state index in [0.717, 1.165) is 70.6 Å². The minimum absolute atomic E-state index is 0.000549. The van der Waals surface area contributed by atoms with Crippen molar-refractivity contribution in [2.24, 2.45) is 29.1 Å². The molecule has 10 nitrogen and oxygen atoms in total. The molecular formula is C34H56N4O6Si. The van der Waals surface area contributed by atoms with E-state index in [0.29, 0.717) is 25.8 Å². The molecule has 3 saturated carbocycles. The summed E-state index contributed by atoms with van der Waals surface area (Å²) in [6.07, 6.45) is 12.1. The first-order valence-corrected chi connectivity index (χ1v) is 19.0. The van der Waals surface area contributed by atoms with Crippen molar-refractivity contribution >= 4 is 44.9 Å². The number of amides is 4. The van der Waals surface area contributed by atoms with Crippen LogP contribution in [0.15, 0.2) is 0 Å². The summed E-state index contributed by atoms with van der Waals surface area (Å²) in [5.74, 6) is -1.92. The zero-order chi connectivity index (χ0) is 32.7. The second-order valence-electron chi connectivity index (χ2n) is 15.3. The van der Waals surface area contributed by atoms with Gasteiger partial charge >= 0.3 is 0 Å². The molecule has 1 aliphatic heterocycles. The summed E-state index contributed by atoms with van der Waals surface area (Å²) in [6.45, 7) is 6.34. The van der Waals surface area contributed by atoms with E-state index in [2.05, 4.69) is 16.0 Å². The van der Waals surface area contributed by atoms with Crippen LogP contribution < -0.4 is 16.0 Å². The molecule has 0 bridgehead atoms. The highest BCUT2D eigenvalue weighted by Gasteiger charge is 2.40. The van der Waals surface area contributed by atoms with Gasteiger partial charge in [-0.15, -0.1) is 0 Å². The Hall–Kier alpha value is -2.56. The maximum Gasteiger partial charge on any atom is 0.289 e. The first kappa shape index (κ1) is 35.3. The molecule has 4 atom stereocenters. The first-order valence-electron chi connectivity index (χ1n) is 17.6. The van der Waals surface area contributed by atoms with Crippen LogP contribution in [0.1, 0.15) is 117 Å². The molecule has 45 heavy (non-hydrogen) atoms. The Morgan fingerprint density at radius 3 is 2.11 bits per heavy atom. The molecule has 0 aromatic rings. The van der Waals surface area contributed by atoms with Gasteiger partial charge in [0, 0.05) is 41.8 Å². The molecule has 4 rings (SSSR count). The zero-order valence-corrected chi connectivity index (χ0v) is 29.4. The van der Waals surface area contributed by atoms with Gasteiger partial charge in [0.2, 0.25) is 23.5 Å². The Morgan fingerprint density at radius 2 is 1.53 bits per heavy atom. The number of rotatable bonds is 15. The summed E-state index contributed by atoms with van der Waals surface area (Å²) in [4.78, 5) is 79.8. The smallest absolute Gasteiger partial charge is 0.289 e. The van der Waals surface area contributed by atoms with Gasteiger partial charge in [0.1, 0.15) is 15.5 Å². The minimum Gasteiger partial charge on any atom is -0.377 e. The van der Waals surface area contributed by atoms with Crippen LogP contribution in [-0.4, -0.2) is 75.1 Å². The molecule has 0 spiro atoms. The molecule has 0 aromatic heterocycles. The molecule has 252 valence electrons. The molecule has 0 unspecified atom stereocenters. The highest BCUT2D eigenvalue weighted by molar-refractivity contribution is 6.45. The maximum atomic E-state index is 14.1. The van der Waals surface area contributed by atoms with E-state index >= 15 is 0 Å². The van der Waals surface area contributed by atoms with Crippen molar-refractivity contribution in [3.8, 4) is 0 Å². The van der Waals surface area contributed by atoms with E-state index in [1.807, 2.05) is 32.4 Å². The van der Waals surface area contributed by atoms with Crippen molar-refractivity contribution in [2.45, 2.75) is 135 Å². The Balaban J connectivity index is 1.49. The summed E-state index contributed by atoms with van der Waals surface area (Å²) >= 11 is 0. The van der Waals surface area contributed by atoms with Crippen LogP contribution in [0.4, 0.5) is 0 Å². The first-order chi connectivity index (χ1) is 21.3. The number of ketones is 2. The lowest BCUT2D eigenvalue weighted by Gasteiger charge is -2.33. The van der Waals surface area contributed by atoms with Gasteiger partial charge in [-0.1, -0.05) is 46.5 Å². The Kier molecular flexibility index (Phi) is 12.4. The van der Waals surface area contributed by atoms with Crippen LogP contribution in [0, 0.1) is 29.1 Å². The molecule has 4 fully saturated rings. The fourth-order valence-electron chi connectivity index (χ4n) is 7.55. The summed E-state index contributed by atoms with van der Waals surface area (Å²) in [5.41, 5.74) is -0.846. The number of hydrogen-bond donors (Lipinski definition) is 3. The van der Waals surface area contributed by atoms with Crippen molar-refractivity contribution in [1.29, 1.82) is 0 Å². The van der Waals surface area contributed by atoms with Crippen molar-refractivity contribution in [3.63, 3.8) is 0 Å². The van der Waals surface area contributed by atoms with E-state index in [-0.39, 0.29) is 53.7 Å². The van der Waals surface area contributed by atoms with E-state index in [4.69, 9.17) is 0 Å². The lowest BCUT2D eigenvalue weighted by molar-refractivity contribution is -0.141. The fourth-order valence-corrected chi connectivity index (χ4v) is 9.61. The van der Waals surface area contributed by atoms with Gasteiger partial charge in [0.15, 0.2) is 0 Å². The number of Topliss-reactive ketones (excluding diaryl/α,β-unsaturated/α-hetero) is 2. The van der Waals surface area contributed by atoms with Gasteiger partial charge in [0.25, 0.3) is 5.91 Å². The van der Waals surface area contributed by atoms with Gasteiger partial charge < -0.3 is 20.5 Å². The predicted octanol–water partition coefficient (Wildman–Crippen LogP) is 2.96. The van der Waals surface area contributed by atoms with E-state index in [1.54, 1.807) is 0 Å². The third kappa shape index (κ3) is 9.96. The number of piperidine rings is 1. The Bertz CT molecular complexity index is 1110. The largest absolute Gasteiger partial charge is 0.377 e. The monoisotopic (exact) mass is 644 g/mol. The number of carbonyl (C=O) groups is 6. The van der Waals surface area contributed by atoms with Crippen LogP contribution in [0.25, 0.3) is 0 Å². The van der Waals surface area contributed by atoms with Crippen molar-refractivity contribution in [1.82, 2.24) is 20.5 Å². The third-order valence-electron chi connectivity index (χ3n) is 10.6. The summed E-state index contributed by atoms with van der Waals surface area (Å²) in [7, 11) is 0.366. The average molecular weight is 645 g/mol. The molecule has 0 aromatic carbocycles. The molecule has 3 N–H and O–H groups in total. The van der Waals surface area contributed by atoms with Gasteiger partial charge in [-0.05, 0) is 83.1 Å². The van der Waals surface area contributed by atoms with Gasteiger partial charge in [0.05, 0.1) is 6.04 Å². The third-order valence-corrected chi connectivity index (χ3v) is 12.9. The number of nitrogens with one attached hydrogen (secondary N) is 3. The Morgan fingerprint density at radius 1 is 0.911 bits per heavy atom. The van der Waals surface area contributed by atoms with Gasteiger partial charge in [-0.2, -0.15) is 0 Å². The molecule has 4 amide bonds. The molecule has 1 saturated heterocycles. The van der Waals surface area contributed by atoms with Crippen LogP contribution in [0.5, 0.6) is 0 Å². The van der Waals surface area contributed by atoms with Crippen LogP contribution >= 0.6 is 0 Å². The number of hydrogen-bond acceptors (Lipinski definition) is 6. The van der Waals surface area contributed by atoms with Gasteiger partial charge in [-0.3, -0.25) is 28.8 Å². The molecule has 0 radical (unpaired) electrons. The maximum absolute atomic E-state index is 14.1. The van der Waals surface area contributed by atoms with Gasteiger partial charge in [-0.25, -0.2) is 0 Å². The standard InChI is InChI=1S/C34H56N4O6Si/c1-34(2,3)27(39)18-17-25(21-10-5-6-11-21)33(44)38(4)45-29(22-12-7-8-13-22)32(43)37-26(20-23-14-9-19-35-30(23)41)28(40)31(42)36-24-15-16-24/h21-26,29H,5-20,45H2,1-4H3,(H,35,41)(H,36,42)(H,37,43)/t23-,25+,26-,29-/m0/s1. The summed E-state index contributed by atoms with van der Waals surface area (Å²) in [6, 6.07) is -1.08. The van der Waals surface area contributed by atoms with Crippen molar-refractivity contribution in [2.75, 3.05) is 13.6 Å².